The third-order valence-corrected chi connectivity index (χ3v) is 6.33. The molecular formula is C29H27BrN2O6. The molecule has 0 aliphatic carbocycles. The van der Waals surface area contributed by atoms with Gasteiger partial charge in [0.1, 0.15) is 36.0 Å². The Balaban J connectivity index is 1.53. The average molecular weight is 579 g/mol. The Hall–Kier alpha value is -4.11. The predicted molar refractivity (Wildman–Crippen MR) is 148 cm³/mol. The molecule has 0 saturated carbocycles. The molecule has 0 spiro atoms. The molecule has 0 atom stereocenters. The molecule has 1 aliphatic rings. The van der Waals surface area contributed by atoms with E-state index in [1.807, 2.05) is 19.1 Å². The summed E-state index contributed by atoms with van der Waals surface area (Å²) < 4.78 is 17.7. The third-order valence-electron chi connectivity index (χ3n) is 5.83. The van der Waals surface area contributed by atoms with Crippen LogP contribution in [-0.2, 0) is 16.0 Å². The van der Waals surface area contributed by atoms with E-state index in [4.69, 9.17) is 14.2 Å². The van der Waals surface area contributed by atoms with Crippen molar-refractivity contribution in [2.24, 2.45) is 0 Å². The van der Waals surface area contributed by atoms with Gasteiger partial charge >= 0.3 is 6.03 Å². The van der Waals surface area contributed by atoms with Crippen molar-refractivity contribution in [3.05, 3.63) is 87.4 Å². The van der Waals surface area contributed by atoms with E-state index < -0.39 is 17.8 Å². The molecule has 4 rings (SSSR count). The van der Waals surface area contributed by atoms with Gasteiger partial charge < -0.3 is 14.2 Å². The first kappa shape index (κ1) is 26.9. The van der Waals surface area contributed by atoms with Crippen LogP contribution >= 0.6 is 15.9 Å². The van der Waals surface area contributed by atoms with E-state index in [-0.39, 0.29) is 12.2 Å². The second kappa shape index (κ2) is 12.0. The molecule has 1 N–H and O–H groups in total. The van der Waals surface area contributed by atoms with Crippen LogP contribution in [0.1, 0.15) is 23.6 Å². The van der Waals surface area contributed by atoms with Gasteiger partial charge in [-0.25, -0.2) is 9.69 Å². The number of amides is 4. The van der Waals surface area contributed by atoms with Crippen LogP contribution in [0.15, 0.2) is 70.7 Å². The number of rotatable bonds is 9. The van der Waals surface area contributed by atoms with Crippen LogP contribution in [-0.4, -0.2) is 38.2 Å². The van der Waals surface area contributed by atoms with Gasteiger partial charge in [0.25, 0.3) is 11.8 Å². The maximum absolute atomic E-state index is 13.3. The highest BCUT2D eigenvalue weighted by Gasteiger charge is 2.37. The summed E-state index contributed by atoms with van der Waals surface area (Å²) in [5.74, 6) is 0.265. The standard InChI is InChI=1S/C29H27BrN2O6/c1-4-19-13-18(2)14-24(15-19)37-11-12-38-26-10-5-21(30)16-20(26)17-25-27(33)31-29(35)32(28(25)34)22-6-8-23(36-3)9-7-22/h5-10,13-17H,4,11-12H2,1-3H3,(H,31,33,35)/b25-17+. The van der Waals surface area contributed by atoms with Crippen molar-refractivity contribution in [3.63, 3.8) is 0 Å². The highest BCUT2D eigenvalue weighted by Crippen LogP contribution is 2.29. The Bertz CT molecular complexity index is 1400. The first-order chi connectivity index (χ1) is 18.3. The SMILES string of the molecule is CCc1cc(C)cc(OCCOc2ccc(Br)cc2/C=C2\C(=O)NC(=O)N(c3ccc(OC)cc3)C2=O)c1. The highest BCUT2D eigenvalue weighted by molar-refractivity contribution is 9.10. The van der Waals surface area contributed by atoms with Crippen LogP contribution in [0.5, 0.6) is 17.2 Å². The number of aryl methyl sites for hydroxylation is 2. The second-order valence-corrected chi connectivity index (χ2v) is 9.46. The van der Waals surface area contributed by atoms with E-state index in [9.17, 15) is 14.4 Å². The number of methoxy groups -OCH3 is 1. The summed E-state index contributed by atoms with van der Waals surface area (Å²) in [7, 11) is 1.52. The lowest BCUT2D eigenvalue weighted by Crippen LogP contribution is -2.54. The van der Waals surface area contributed by atoms with E-state index in [1.165, 1.54) is 18.7 Å². The molecule has 1 heterocycles. The second-order valence-electron chi connectivity index (χ2n) is 8.54. The van der Waals surface area contributed by atoms with E-state index in [1.54, 1.807) is 42.5 Å². The number of hydrogen-bond donors (Lipinski definition) is 1. The lowest BCUT2D eigenvalue weighted by molar-refractivity contribution is -0.122. The molecule has 8 nitrogen and oxygen atoms in total. The highest BCUT2D eigenvalue weighted by atomic mass is 79.9. The van der Waals surface area contributed by atoms with Crippen LogP contribution in [0.3, 0.4) is 0 Å². The Morgan fingerprint density at radius 1 is 0.921 bits per heavy atom. The van der Waals surface area contributed by atoms with Crippen molar-refractivity contribution in [1.29, 1.82) is 0 Å². The fraction of sp³-hybridized carbons (Fsp3) is 0.207. The minimum absolute atomic E-state index is 0.202. The maximum Gasteiger partial charge on any atom is 0.335 e. The fourth-order valence-electron chi connectivity index (χ4n) is 3.97. The van der Waals surface area contributed by atoms with Gasteiger partial charge in [0.15, 0.2) is 0 Å². The Morgan fingerprint density at radius 3 is 2.37 bits per heavy atom. The molecule has 0 aromatic heterocycles. The molecule has 0 bridgehead atoms. The number of imide groups is 2. The molecule has 9 heteroatoms. The van der Waals surface area contributed by atoms with Crippen molar-refractivity contribution >= 4 is 45.5 Å². The number of barbiturate groups is 1. The molecule has 1 saturated heterocycles. The molecular weight excluding hydrogens is 552 g/mol. The number of nitrogens with one attached hydrogen (secondary N) is 1. The van der Waals surface area contributed by atoms with Crippen molar-refractivity contribution in [2.45, 2.75) is 20.3 Å². The minimum Gasteiger partial charge on any atom is -0.497 e. The summed E-state index contributed by atoms with van der Waals surface area (Å²) in [4.78, 5) is 39.3. The van der Waals surface area contributed by atoms with Gasteiger partial charge in [0, 0.05) is 10.0 Å². The average Bonchev–Trinajstić information content (AvgIpc) is 2.90. The van der Waals surface area contributed by atoms with E-state index in [2.05, 4.69) is 34.2 Å². The van der Waals surface area contributed by atoms with Crippen LogP contribution in [0.25, 0.3) is 6.08 Å². The lowest BCUT2D eigenvalue weighted by atomic mass is 10.1. The van der Waals surface area contributed by atoms with Crippen molar-refractivity contribution < 1.29 is 28.6 Å². The van der Waals surface area contributed by atoms with Gasteiger partial charge in [-0.1, -0.05) is 28.9 Å². The Kier molecular flexibility index (Phi) is 8.48. The van der Waals surface area contributed by atoms with Crippen LogP contribution in [0, 0.1) is 6.92 Å². The molecule has 0 radical (unpaired) electrons. The minimum atomic E-state index is -0.826. The topological polar surface area (TPSA) is 94.2 Å². The van der Waals surface area contributed by atoms with Crippen molar-refractivity contribution in [3.8, 4) is 17.2 Å². The van der Waals surface area contributed by atoms with Crippen molar-refractivity contribution in [2.75, 3.05) is 25.2 Å². The largest absolute Gasteiger partial charge is 0.497 e. The van der Waals surface area contributed by atoms with Crippen LogP contribution < -0.4 is 24.4 Å². The lowest BCUT2D eigenvalue weighted by Gasteiger charge is -2.26. The quantitative estimate of drug-likeness (QED) is 0.206. The molecule has 4 amide bonds. The molecule has 1 fully saturated rings. The Morgan fingerprint density at radius 2 is 1.66 bits per heavy atom. The summed E-state index contributed by atoms with van der Waals surface area (Å²) in [6, 6.07) is 16.9. The maximum atomic E-state index is 13.3. The van der Waals surface area contributed by atoms with E-state index in [0.717, 1.165) is 27.1 Å². The van der Waals surface area contributed by atoms with Crippen molar-refractivity contribution in [1.82, 2.24) is 5.32 Å². The molecule has 3 aromatic carbocycles. The van der Waals surface area contributed by atoms with Gasteiger partial charge in [-0.05, 0) is 85.1 Å². The number of ether oxygens (including phenoxy) is 3. The van der Waals surface area contributed by atoms with Crippen LogP contribution in [0.2, 0.25) is 0 Å². The van der Waals surface area contributed by atoms with Gasteiger partial charge in [-0.15, -0.1) is 0 Å². The summed E-state index contributed by atoms with van der Waals surface area (Å²) in [5, 5.41) is 2.23. The first-order valence-electron chi connectivity index (χ1n) is 12.0. The number of carbonyl (C=O) groups is 3. The molecule has 0 unspecified atom stereocenters. The van der Waals surface area contributed by atoms with E-state index >= 15 is 0 Å². The zero-order chi connectivity index (χ0) is 27.2. The number of urea groups is 1. The number of benzene rings is 3. The third kappa shape index (κ3) is 6.23. The fourth-order valence-corrected chi connectivity index (χ4v) is 4.34. The summed E-state index contributed by atoms with van der Waals surface area (Å²) in [6.07, 6.45) is 2.33. The van der Waals surface area contributed by atoms with Gasteiger partial charge in [0.2, 0.25) is 0 Å². The number of halogens is 1. The summed E-state index contributed by atoms with van der Waals surface area (Å²) >= 11 is 3.42. The first-order valence-corrected chi connectivity index (χ1v) is 12.8. The summed E-state index contributed by atoms with van der Waals surface area (Å²) in [5.41, 5.74) is 2.91. The number of carbonyl (C=O) groups excluding carboxylic acids is 3. The number of hydrogen-bond acceptors (Lipinski definition) is 6. The monoisotopic (exact) mass is 578 g/mol. The number of nitrogens with zero attached hydrogens (tertiary/aromatic N) is 1. The zero-order valence-corrected chi connectivity index (χ0v) is 22.8. The van der Waals surface area contributed by atoms with Gasteiger partial charge in [-0.2, -0.15) is 0 Å². The summed E-state index contributed by atoms with van der Waals surface area (Å²) in [6.45, 7) is 4.66. The molecule has 38 heavy (non-hydrogen) atoms. The zero-order valence-electron chi connectivity index (χ0n) is 21.2. The number of anilines is 1. The van der Waals surface area contributed by atoms with Gasteiger partial charge in [0.05, 0.1) is 12.8 Å². The molecule has 1 aliphatic heterocycles. The van der Waals surface area contributed by atoms with Crippen LogP contribution in [0.4, 0.5) is 10.5 Å². The van der Waals surface area contributed by atoms with Gasteiger partial charge in [-0.3, -0.25) is 14.9 Å². The smallest absolute Gasteiger partial charge is 0.335 e. The molecule has 196 valence electrons. The predicted octanol–water partition coefficient (Wildman–Crippen LogP) is 5.45. The van der Waals surface area contributed by atoms with E-state index in [0.29, 0.717) is 29.4 Å². The normalized spacial score (nSPS) is 14.5. The molecule has 3 aromatic rings. The Labute approximate surface area is 229 Å².